The van der Waals surface area contributed by atoms with Crippen molar-refractivity contribution in [1.29, 1.82) is 0 Å². The van der Waals surface area contributed by atoms with Gasteiger partial charge in [-0.15, -0.1) is 0 Å². The normalized spacial score (nSPS) is 15.7. The van der Waals surface area contributed by atoms with E-state index in [0.717, 1.165) is 0 Å². The van der Waals surface area contributed by atoms with Gasteiger partial charge in [0, 0.05) is 13.1 Å². The number of morpholine rings is 1. The molecule has 0 aromatic heterocycles. The Balaban J connectivity index is 1.75. The minimum atomic E-state index is -3.80. The topological polar surface area (TPSA) is 102 Å². The average molecular weight is 536 g/mol. The molecule has 8 nitrogen and oxygen atoms in total. The molecule has 3 rings (SSSR count). The summed E-state index contributed by atoms with van der Waals surface area (Å²) in [4.78, 5) is 25.2. The van der Waals surface area contributed by atoms with Crippen LogP contribution >= 0.6 is 34.8 Å². The number of anilines is 1. The Labute approximate surface area is 206 Å². The SMILES string of the molecule is Cc1ccc(S(=O)(=O)N2CCOCC2)cc1C(=O)O[C@@H](C)C(=O)Nc1cc(Cl)c(Cl)cc1Cl. The first-order valence-corrected chi connectivity index (χ1v) is 12.4. The lowest BCUT2D eigenvalue weighted by Gasteiger charge is -2.26. The number of benzene rings is 2. The van der Waals surface area contributed by atoms with Crippen LogP contribution in [0.1, 0.15) is 22.8 Å². The Morgan fingerprint density at radius 3 is 2.36 bits per heavy atom. The summed E-state index contributed by atoms with van der Waals surface area (Å²) in [7, 11) is -3.80. The lowest BCUT2D eigenvalue weighted by atomic mass is 10.1. The van der Waals surface area contributed by atoms with Gasteiger partial charge >= 0.3 is 5.97 Å². The quantitative estimate of drug-likeness (QED) is 0.440. The minimum absolute atomic E-state index is 0.0385. The average Bonchev–Trinajstić information content (AvgIpc) is 2.78. The fourth-order valence-electron chi connectivity index (χ4n) is 3.05. The Kier molecular flexibility index (Phi) is 8.26. The molecule has 1 atom stereocenters. The van der Waals surface area contributed by atoms with Crippen molar-refractivity contribution in [2.75, 3.05) is 31.6 Å². The van der Waals surface area contributed by atoms with Gasteiger partial charge in [-0.2, -0.15) is 4.31 Å². The largest absolute Gasteiger partial charge is 0.449 e. The first kappa shape index (κ1) is 25.7. The zero-order chi connectivity index (χ0) is 24.3. The molecule has 0 unspecified atom stereocenters. The highest BCUT2D eigenvalue weighted by molar-refractivity contribution is 7.89. The first-order chi connectivity index (χ1) is 15.5. The predicted molar refractivity (Wildman–Crippen MR) is 126 cm³/mol. The second-order valence-corrected chi connectivity index (χ2v) is 10.4. The van der Waals surface area contributed by atoms with Gasteiger partial charge in [-0.05, 0) is 43.7 Å². The van der Waals surface area contributed by atoms with Crippen molar-refractivity contribution in [3.8, 4) is 0 Å². The van der Waals surface area contributed by atoms with E-state index in [1.54, 1.807) is 6.92 Å². The van der Waals surface area contributed by atoms with Crippen LogP contribution in [0.15, 0.2) is 35.2 Å². The molecule has 0 spiro atoms. The summed E-state index contributed by atoms with van der Waals surface area (Å²) in [6, 6.07) is 6.96. The molecule has 0 aliphatic carbocycles. The number of nitrogens with one attached hydrogen (secondary N) is 1. The molecule has 1 aliphatic heterocycles. The molecule has 1 saturated heterocycles. The molecule has 0 radical (unpaired) electrons. The number of aryl methyl sites for hydroxylation is 1. The molecular weight excluding hydrogens is 515 g/mol. The fraction of sp³-hybridized carbons (Fsp3) is 0.333. The third kappa shape index (κ3) is 5.98. The number of esters is 1. The van der Waals surface area contributed by atoms with Crippen molar-refractivity contribution in [2.24, 2.45) is 0 Å². The summed E-state index contributed by atoms with van der Waals surface area (Å²) in [6.07, 6.45) is -1.21. The Hall–Kier alpha value is -1.88. The van der Waals surface area contributed by atoms with Crippen molar-refractivity contribution < 1.29 is 27.5 Å². The number of rotatable bonds is 6. The van der Waals surface area contributed by atoms with Crippen LogP contribution in [0, 0.1) is 6.92 Å². The third-order valence-corrected chi connectivity index (χ3v) is 7.89. The smallest absolute Gasteiger partial charge is 0.339 e. The number of hydrogen-bond acceptors (Lipinski definition) is 6. The predicted octanol–water partition coefficient (Wildman–Crippen LogP) is 4.16. The Morgan fingerprint density at radius 1 is 1.06 bits per heavy atom. The van der Waals surface area contributed by atoms with Crippen molar-refractivity contribution in [3.63, 3.8) is 0 Å². The van der Waals surface area contributed by atoms with E-state index in [1.165, 1.54) is 41.6 Å². The monoisotopic (exact) mass is 534 g/mol. The van der Waals surface area contributed by atoms with Gasteiger partial charge in [0.25, 0.3) is 5.91 Å². The van der Waals surface area contributed by atoms with Gasteiger partial charge in [-0.3, -0.25) is 4.79 Å². The highest BCUT2D eigenvalue weighted by Gasteiger charge is 2.28. The number of sulfonamides is 1. The van der Waals surface area contributed by atoms with Crippen molar-refractivity contribution >= 4 is 62.4 Å². The van der Waals surface area contributed by atoms with Gasteiger partial charge in [0.2, 0.25) is 10.0 Å². The summed E-state index contributed by atoms with van der Waals surface area (Å²) >= 11 is 17.9. The summed E-state index contributed by atoms with van der Waals surface area (Å²) in [6.45, 7) is 4.07. The van der Waals surface area contributed by atoms with Crippen LogP contribution in [-0.4, -0.2) is 57.0 Å². The zero-order valence-electron chi connectivity index (χ0n) is 17.7. The maximum atomic E-state index is 12.9. The summed E-state index contributed by atoms with van der Waals surface area (Å²) < 4.78 is 37.6. The Bertz CT molecular complexity index is 1180. The van der Waals surface area contributed by atoms with Crippen LogP contribution in [0.5, 0.6) is 0 Å². The molecule has 1 amide bonds. The van der Waals surface area contributed by atoms with Gasteiger partial charge in [0.1, 0.15) is 0 Å². The molecule has 1 heterocycles. The molecule has 33 heavy (non-hydrogen) atoms. The molecule has 12 heteroatoms. The molecule has 0 bridgehead atoms. The molecule has 2 aromatic rings. The number of halogens is 3. The van der Waals surface area contributed by atoms with E-state index in [1.807, 2.05) is 0 Å². The van der Waals surface area contributed by atoms with Gasteiger partial charge in [-0.25, -0.2) is 13.2 Å². The van der Waals surface area contributed by atoms with Gasteiger partial charge in [0.05, 0.1) is 44.4 Å². The lowest BCUT2D eigenvalue weighted by molar-refractivity contribution is -0.123. The molecule has 1 fully saturated rings. The van der Waals surface area contributed by atoms with Crippen LogP contribution in [-0.2, 0) is 24.3 Å². The number of carbonyl (C=O) groups excluding carboxylic acids is 2. The van der Waals surface area contributed by atoms with Crippen LogP contribution in [0.4, 0.5) is 5.69 Å². The van der Waals surface area contributed by atoms with E-state index in [0.29, 0.717) is 18.8 Å². The lowest BCUT2D eigenvalue weighted by Crippen LogP contribution is -2.40. The van der Waals surface area contributed by atoms with Gasteiger partial charge in [-0.1, -0.05) is 40.9 Å². The highest BCUT2D eigenvalue weighted by Crippen LogP contribution is 2.32. The molecular formula is C21H21Cl3N2O6S. The number of nitrogens with zero attached hydrogens (tertiary/aromatic N) is 1. The fourth-order valence-corrected chi connectivity index (χ4v) is 5.08. The highest BCUT2D eigenvalue weighted by atomic mass is 35.5. The molecule has 178 valence electrons. The standard InChI is InChI=1S/C21H21Cl3N2O6S/c1-12-3-4-14(33(29,30)26-5-7-31-8-6-26)9-15(12)21(28)32-13(2)20(27)25-19-11-17(23)16(22)10-18(19)24/h3-4,9-11,13H,5-8H2,1-2H3,(H,25,27)/t13-/m0/s1. The van der Waals surface area contributed by atoms with Crippen molar-refractivity contribution in [1.82, 2.24) is 4.31 Å². The zero-order valence-corrected chi connectivity index (χ0v) is 20.8. The molecule has 2 aromatic carbocycles. The van der Waals surface area contributed by atoms with E-state index in [4.69, 9.17) is 44.3 Å². The third-order valence-electron chi connectivity index (χ3n) is 4.96. The van der Waals surface area contributed by atoms with Crippen LogP contribution < -0.4 is 5.32 Å². The van der Waals surface area contributed by atoms with E-state index in [2.05, 4.69) is 5.32 Å². The second-order valence-electron chi connectivity index (χ2n) is 7.28. The van der Waals surface area contributed by atoms with E-state index < -0.39 is 28.0 Å². The number of amides is 1. The maximum absolute atomic E-state index is 12.9. The number of ether oxygens (including phenoxy) is 2. The summed E-state index contributed by atoms with van der Waals surface area (Å²) in [5.74, 6) is -1.49. The number of hydrogen-bond donors (Lipinski definition) is 1. The second kappa shape index (κ2) is 10.6. The molecule has 1 N–H and O–H groups in total. The summed E-state index contributed by atoms with van der Waals surface area (Å²) in [5.41, 5.74) is 0.742. The Morgan fingerprint density at radius 2 is 1.70 bits per heavy atom. The molecule has 0 saturated carbocycles. The van der Waals surface area contributed by atoms with Crippen LogP contribution in [0.3, 0.4) is 0 Å². The van der Waals surface area contributed by atoms with E-state index in [9.17, 15) is 18.0 Å². The molecule has 1 aliphatic rings. The van der Waals surface area contributed by atoms with Crippen molar-refractivity contribution in [3.05, 3.63) is 56.5 Å². The van der Waals surface area contributed by atoms with Crippen LogP contribution in [0.25, 0.3) is 0 Å². The first-order valence-electron chi connectivity index (χ1n) is 9.85. The maximum Gasteiger partial charge on any atom is 0.339 e. The minimum Gasteiger partial charge on any atom is -0.449 e. The number of carbonyl (C=O) groups is 2. The van der Waals surface area contributed by atoms with Gasteiger partial charge in [0.15, 0.2) is 6.10 Å². The van der Waals surface area contributed by atoms with E-state index >= 15 is 0 Å². The van der Waals surface area contributed by atoms with Gasteiger partial charge < -0.3 is 14.8 Å². The van der Waals surface area contributed by atoms with Crippen molar-refractivity contribution in [2.45, 2.75) is 24.8 Å². The van der Waals surface area contributed by atoms with Crippen LogP contribution in [0.2, 0.25) is 15.1 Å². The summed E-state index contributed by atoms with van der Waals surface area (Å²) in [5, 5.41) is 3.10. The van der Waals surface area contributed by atoms with E-state index in [-0.39, 0.29) is 44.3 Å².